The number of piperazine rings is 1. The van der Waals surface area contributed by atoms with Gasteiger partial charge in [0.15, 0.2) is 5.65 Å². The average molecular weight is 697 g/mol. The largest absolute Gasteiger partial charge is 0.363 e. The number of nitrogens with one attached hydrogen (secondary N) is 1. The van der Waals surface area contributed by atoms with Crippen LogP contribution >= 0.6 is 0 Å². The Morgan fingerprint density at radius 1 is 1.02 bits per heavy atom. The molecular formula is C35H48N14O2. The SMILES string of the molecule is CCc1cnn(C2(CC#N)CN(c3cccn4nc(Nc5cnn(CC(=O)N6CCC(CN7CCN(CC(=O)N(C)C)CC7)CC6)c5)nc34)C2)c1. The second-order valence-electron chi connectivity index (χ2n) is 14.4. The molecule has 3 saturated heterocycles. The predicted molar refractivity (Wildman–Crippen MR) is 191 cm³/mol. The molecular weight excluding hydrogens is 648 g/mol. The zero-order chi connectivity index (χ0) is 35.5. The van der Waals surface area contributed by atoms with E-state index in [0.29, 0.717) is 49.3 Å². The number of pyridine rings is 1. The summed E-state index contributed by atoms with van der Waals surface area (Å²) in [4.78, 5) is 40.6. The van der Waals surface area contributed by atoms with E-state index in [1.165, 1.54) is 0 Å². The van der Waals surface area contributed by atoms with Gasteiger partial charge in [0, 0.05) is 91.6 Å². The van der Waals surface area contributed by atoms with Gasteiger partial charge < -0.3 is 24.9 Å². The maximum Gasteiger partial charge on any atom is 0.247 e. The monoisotopic (exact) mass is 696 g/mol. The molecule has 16 nitrogen and oxygen atoms in total. The Kier molecular flexibility index (Phi) is 9.92. The quantitative estimate of drug-likeness (QED) is 0.230. The van der Waals surface area contributed by atoms with Crippen LogP contribution in [0, 0.1) is 17.2 Å². The van der Waals surface area contributed by atoms with Gasteiger partial charge in [-0.15, -0.1) is 5.10 Å². The molecule has 270 valence electrons. The van der Waals surface area contributed by atoms with Crippen molar-refractivity contribution in [3.63, 3.8) is 0 Å². The fourth-order valence-electron chi connectivity index (χ4n) is 7.39. The van der Waals surface area contributed by atoms with Crippen molar-refractivity contribution in [3.05, 3.63) is 48.7 Å². The average Bonchev–Trinajstić information content (AvgIpc) is 3.87. The lowest BCUT2D eigenvalue weighted by atomic mass is 9.86. The number of hydrogen-bond acceptors (Lipinski definition) is 11. The van der Waals surface area contributed by atoms with Crippen LogP contribution in [0.5, 0.6) is 0 Å². The van der Waals surface area contributed by atoms with E-state index in [4.69, 9.17) is 4.98 Å². The smallest absolute Gasteiger partial charge is 0.247 e. The van der Waals surface area contributed by atoms with Crippen LogP contribution in [0.3, 0.4) is 0 Å². The van der Waals surface area contributed by atoms with E-state index in [2.05, 4.69) is 54.5 Å². The van der Waals surface area contributed by atoms with Gasteiger partial charge in [0.25, 0.3) is 0 Å². The Morgan fingerprint density at radius 2 is 1.78 bits per heavy atom. The van der Waals surface area contributed by atoms with Gasteiger partial charge in [0.05, 0.1) is 42.8 Å². The molecule has 7 heterocycles. The Morgan fingerprint density at radius 3 is 2.49 bits per heavy atom. The fraction of sp³-hybridized carbons (Fsp3) is 0.571. The number of aryl methyl sites for hydroxylation is 1. The number of hydrogen-bond donors (Lipinski definition) is 1. The molecule has 0 aromatic carbocycles. The van der Waals surface area contributed by atoms with Crippen molar-refractivity contribution in [2.75, 3.05) is 89.8 Å². The first kappa shape index (κ1) is 34.4. The molecule has 3 aliphatic heterocycles. The lowest BCUT2D eigenvalue weighted by Gasteiger charge is -2.50. The van der Waals surface area contributed by atoms with Crippen molar-refractivity contribution in [2.45, 2.75) is 44.7 Å². The molecule has 7 rings (SSSR count). The van der Waals surface area contributed by atoms with E-state index in [1.54, 1.807) is 34.4 Å². The third-order valence-corrected chi connectivity index (χ3v) is 10.6. The topological polar surface area (TPSA) is 152 Å². The van der Waals surface area contributed by atoms with Crippen LogP contribution in [-0.2, 0) is 28.1 Å². The molecule has 4 aromatic heterocycles. The third kappa shape index (κ3) is 7.54. The van der Waals surface area contributed by atoms with Gasteiger partial charge in [-0.3, -0.25) is 23.9 Å². The van der Waals surface area contributed by atoms with Gasteiger partial charge in [0.1, 0.15) is 12.1 Å². The van der Waals surface area contributed by atoms with E-state index in [-0.39, 0.29) is 23.9 Å². The summed E-state index contributed by atoms with van der Waals surface area (Å²) in [5.74, 6) is 1.24. The summed E-state index contributed by atoms with van der Waals surface area (Å²) >= 11 is 0. The number of rotatable bonds is 12. The van der Waals surface area contributed by atoms with Crippen molar-refractivity contribution in [2.24, 2.45) is 5.92 Å². The number of piperidine rings is 1. The predicted octanol–water partition coefficient (Wildman–Crippen LogP) is 1.50. The van der Waals surface area contributed by atoms with Crippen molar-refractivity contribution < 1.29 is 9.59 Å². The van der Waals surface area contributed by atoms with Crippen molar-refractivity contribution in [1.29, 1.82) is 5.26 Å². The number of anilines is 3. The molecule has 0 bridgehead atoms. The maximum absolute atomic E-state index is 13.2. The van der Waals surface area contributed by atoms with Crippen molar-refractivity contribution in [1.82, 2.24) is 53.8 Å². The first-order valence-corrected chi connectivity index (χ1v) is 18.0. The molecule has 0 aliphatic carbocycles. The van der Waals surface area contributed by atoms with Gasteiger partial charge in [-0.25, -0.2) is 4.52 Å². The standard InChI is InChI=1S/C35H48N14O2/c1-4-27-18-38-49(21-27)35(9-10-36)25-46(26-35)30-6-5-11-48-33(30)40-34(41-48)39-29-19-37-47(22-29)24-32(51)45-12-7-28(8-13-45)20-43-14-16-44(17-15-43)23-31(50)42(2)3/h5-6,11,18-19,21-22,28H,4,7-9,12-17,20,23-26H2,1-3H3,(H,39,41). The van der Waals surface area contributed by atoms with Gasteiger partial charge in [-0.2, -0.15) is 20.4 Å². The molecule has 0 saturated carbocycles. The number of fused-ring (bicyclic) bond motifs is 1. The summed E-state index contributed by atoms with van der Waals surface area (Å²) in [6.07, 6.45) is 12.6. The number of aromatic nitrogens is 7. The van der Waals surface area contributed by atoms with E-state index < -0.39 is 0 Å². The summed E-state index contributed by atoms with van der Waals surface area (Å²) in [7, 11) is 3.61. The minimum Gasteiger partial charge on any atom is -0.363 e. The molecule has 0 spiro atoms. The maximum atomic E-state index is 13.2. The van der Waals surface area contributed by atoms with E-state index in [1.807, 2.05) is 40.3 Å². The Hall–Kier alpha value is -5.01. The highest BCUT2D eigenvalue weighted by atomic mass is 16.2. The Balaban J connectivity index is 0.888. The zero-order valence-electron chi connectivity index (χ0n) is 29.9. The first-order chi connectivity index (χ1) is 24.7. The molecule has 0 atom stereocenters. The highest BCUT2D eigenvalue weighted by molar-refractivity contribution is 5.77. The molecule has 4 aromatic rings. The molecule has 3 aliphatic rings. The van der Waals surface area contributed by atoms with Crippen LogP contribution in [0.4, 0.5) is 17.3 Å². The summed E-state index contributed by atoms with van der Waals surface area (Å²) in [6, 6.07) is 6.33. The van der Waals surface area contributed by atoms with Gasteiger partial charge >= 0.3 is 0 Å². The van der Waals surface area contributed by atoms with Gasteiger partial charge in [-0.05, 0) is 42.9 Å². The molecule has 51 heavy (non-hydrogen) atoms. The number of amides is 2. The highest BCUT2D eigenvalue weighted by Crippen LogP contribution is 2.37. The van der Waals surface area contributed by atoms with E-state index in [9.17, 15) is 14.9 Å². The minimum absolute atomic E-state index is 0.0702. The first-order valence-electron chi connectivity index (χ1n) is 18.0. The Bertz CT molecular complexity index is 1870. The van der Waals surface area contributed by atoms with E-state index in [0.717, 1.165) is 76.3 Å². The second-order valence-corrected chi connectivity index (χ2v) is 14.4. The molecule has 0 radical (unpaired) electrons. The van der Waals surface area contributed by atoms with Crippen molar-refractivity contribution >= 4 is 34.8 Å². The number of nitriles is 1. The molecule has 0 unspecified atom stereocenters. The number of nitrogens with zero attached hydrogens (tertiary/aromatic N) is 13. The third-order valence-electron chi connectivity index (χ3n) is 10.6. The summed E-state index contributed by atoms with van der Waals surface area (Å²) in [6.45, 7) is 10.4. The summed E-state index contributed by atoms with van der Waals surface area (Å²) in [5, 5.41) is 26.5. The van der Waals surface area contributed by atoms with Crippen LogP contribution in [0.25, 0.3) is 5.65 Å². The lowest BCUT2D eigenvalue weighted by molar-refractivity contribution is -0.133. The van der Waals surface area contributed by atoms with Crippen molar-refractivity contribution in [3.8, 4) is 6.07 Å². The zero-order valence-corrected chi connectivity index (χ0v) is 29.9. The molecule has 2 amide bonds. The van der Waals surface area contributed by atoms with Crippen LogP contribution < -0.4 is 10.2 Å². The van der Waals surface area contributed by atoms with Crippen LogP contribution in [-0.4, -0.2) is 145 Å². The van der Waals surface area contributed by atoms with Crippen LogP contribution in [0.15, 0.2) is 43.1 Å². The fourth-order valence-corrected chi connectivity index (χ4v) is 7.39. The minimum atomic E-state index is -0.371. The number of likely N-dealkylation sites (N-methyl/N-ethyl adjacent to an activating group) is 1. The van der Waals surface area contributed by atoms with Gasteiger partial charge in [0.2, 0.25) is 17.8 Å². The van der Waals surface area contributed by atoms with E-state index >= 15 is 0 Å². The summed E-state index contributed by atoms with van der Waals surface area (Å²) in [5.41, 5.74) is 3.14. The Labute approximate surface area is 298 Å². The molecule has 3 fully saturated rings. The normalized spacial score (nSPS) is 18.5. The summed E-state index contributed by atoms with van der Waals surface area (Å²) < 4.78 is 5.36. The highest BCUT2D eigenvalue weighted by Gasteiger charge is 2.46. The second kappa shape index (κ2) is 14.7. The van der Waals surface area contributed by atoms with Crippen LogP contribution in [0.2, 0.25) is 0 Å². The number of carbonyl (C=O) groups excluding carboxylic acids is 2. The molecule has 16 heteroatoms. The molecule has 1 N–H and O–H groups in total. The number of likely N-dealkylation sites (tertiary alicyclic amines) is 1. The lowest BCUT2D eigenvalue weighted by Crippen LogP contribution is -2.63. The van der Waals surface area contributed by atoms with Crippen LogP contribution in [0.1, 0.15) is 31.7 Å². The number of carbonyl (C=O) groups is 2. The van der Waals surface area contributed by atoms with Gasteiger partial charge in [-0.1, -0.05) is 6.92 Å².